The fourth-order valence-corrected chi connectivity index (χ4v) is 1.85. The molecule has 0 saturated carbocycles. The van der Waals surface area contributed by atoms with Crippen LogP contribution in [0.4, 0.5) is 17.6 Å². The number of nitrogens with one attached hydrogen (secondary N) is 1. The molecule has 0 saturated heterocycles. The van der Waals surface area contributed by atoms with Crippen molar-refractivity contribution >= 4 is 34.5 Å². The molecule has 0 aromatic heterocycles. The highest BCUT2D eigenvalue weighted by Gasteiger charge is 2.34. The second-order valence-electron chi connectivity index (χ2n) is 3.89. The highest BCUT2D eigenvalue weighted by molar-refractivity contribution is 14.1. The minimum Gasteiger partial charge on any atom is -0.468 e. The van der Waals surface area contributed by atoms with Gasteiger partial charge < -0.3 is 10.1 Å². The molecule has 1 aromatic rings. The van der Waals surface area contributed by atoms with Crippen LogP contribution < -0.4 is 5.32 Å². The number of hydrogen-bond donors (Lipinski definition) is 1. The number of benzene rings is 1. The largest absolute Gasteiger partial charge is 0.468 e. The van der Waals surface area contributed by atoms with E-state index < -0.39 is 33.4 Å². The van der Waals surface area contributed by atoms with Gasteiger partial charge in [-0.3, -0.25) is 9.59 Å². The number of hydrogen-bond acceptors (Lipinski definition) is 3. The van der Waals surface area contributed by atoms with Crippen LogP contribution in [0.5, 0.6) is 0 Å². The van der Waals surface area contributed by atoms with Crippen LogP contribution >= 0.6 is 22.6 Å². The molecular formula is C12H10F4INO3. The number of esters is 1. The molecular weight excluding hydrogens is 409 g/mol. The van der Waals surface area contributed by atoms with Crippen LogP contribution in [-0.2, 0) is 15.7 Å². The van der Waals surface area contributed by atoms with Crippen LogP contribution in [0.25, 0.3) is 0 Å². The summed E-state index contributed by atoms with van der Waals surface area (Å²) in [5.41, 5.74) is -1.87. The van der Waals surface area contributed by atoms with E-state index in [2.05, 4.69) is 10.1 Å². The van der Waals surface area contributed by atoms with Gasteiger partial charge in [-0.1, -0.05) is 22.6 Å². The summed E-state index contributed by atoms with van der Waals surface area (Å²) < 4.78 is 54.4. The maximum atomic E-state index is 13.1. The van der Waals surface area contributed by atoms with E-state index in [0.29, 0.717) is 12.1 Å². The molecule has 0 aliphatic rings. The van der Waals surface area contributed by atoms with Crippen molar-refractivity contribution in [2.45, 2.75) is 10.1 Å². The van der Waals surface area contributed by atoms with E-state index in [4.69, 9.17) is 0 Å². The third-order valence-electron chi connectivity index (χ3n) is 2.43. The normalized spacial score (nSPS) is 12.7. The number of carbonyl (C=O) groups excluding carboxylic acids is 2. The minimum absolute atomic E-state index is 0.120. The molecule has 1 unspecified atom stereocenters. The molecule has 0 aliphatic carbocycles. The van der Waals surface area contributed by atoms with Gasteiger partial charge >= 0.3 is 12.1 Å². The van der Waals surface area contributed by atoms with Crippen LogP contribution in [0.3, 0.4) is 0 Å². The number of amides is 1. The van der Waals surface area contributed by atoms with Crippen molar-refractivity contribution in [3.63, 3.8) is 0 Å². The Morgan fingerprint density at radius 1 is 1.38 bits per heavy atom. The molecule has 0 spiro atoms. The maximum absolute atomic E-state index is 13.1. The van der Waals surface area contributed by atoms with Crippen LogP contribution in [0.15, 0.2) is 18.2 Å². The Labute approximate surface area is 131 Å². The van der Waals surface area contributed by atoms with E-state index in [1.807, 2.05) is 0 Å². The predicted octanol–water partition coefficient (Wildman–Crippen LogP) is 2.55. The first-order valence-electron chi connectivity index (χ1n) is 5.53. The molecule has 21 heavy (non-hydrogen) atoms. The van der Waals surface area contributed by atoms with E-state index in [1.165, 1.54) is 7.11 Å². The second-order valence-corrected chi connectivity index (χ2v) is 5.40. The average Bonchev–Trinajstić information content (AvgIpc) is 2.42. The molecule has 0 bridgehead atoms. The minimum atomic E-state index is -4.89. The topological polar surface area (TPSA) is 55.4 Å². The SMILES string of the molecule is COC(=O)C(I)CNC(=O)c1ccc(F)c(C(F)(F)F)c1. The van der Waals surface area contributed by atoms with Crippen molar-refractivity contribution in [1.29, 1.82) is 0 Å². The van der Waals surface area contributed by atoms with Crippen LogP contribution in [0.2, 0.25) is 0 Å². The Morgan fingerprint density at radius 2 is 2.00 bits per heavy atom. The van der Waals surface area contributed by atoms with Crippen molar-refractivity contribution < 1.29 is 31.9 Å². The molecule has 1 rings (SSSR count). The standard InChI is InChI=1S/C12H10F4INO3/c1-21-11(20)9(17)5-18-10(19)6-2-3-8(13)7(4-6)12(14,15)16/h2-4,9H,5H2,1H3,(H,18,19). The Kier molecular flexibility index (Phi) is 5.93. The maximum Gasteiger partial charge on any atom is 0.419 e. The zero-order chi connectivity index (χ0) is 16.2. The van der Waals surface area contributed by atoms with Gasteiger partial charge in [0, 0.05) is 12.1 Å². The third-order valence-corrected chi connectivity index (χ3v) is 3.38. The first-order chi connectivity index (χ1) is 9.66. The van der Waals surface area contributed by atoms with Crippen molar-refractivity contribution in [3.05, 3.63) is 35.1 Å². The molecule has 0 aliphatic heterocycles. The highest BCUT2D eigenvalue weighted by Crippen LogP contribution is 2.31. The quantitative estimate of drug-likeness (QED) is 0.354. The van der Waals surface area contributed by atoms with E-state index in [1.54, 1.807) is 22.6 Å². The number of carbonyl (C=O) groups is 2. The monoisotopic (exact) mass is 419 g/mol. The molecule has 0 heterocycles. The summed E-state index contributed by atoms with van der Waals surface area (Å²) in [5.74, 6) is -2.88. The molecule has 116 valence electrons. The van der Waals surface area contributed by atoms with Crippen molar-refractivity contribution in [3.8, 4) is 0 Å². The molecule has 0 fully saturated rings. The summed E-state index contributed by atoms with van der Waals surface area (Å²) in [5, 5.41) is 2.28. The Morgan fingerprint density at radius 3 is 2.52 bits per heavy atom. The van der Waals surface area contributed by atoms with Gasteiger partial charge in [-0.25, -0.2) is 4.39 Å². The molecule has 4 nitrogen and oxygen atoms in total. The predicted molar refractivity (Wildman–Crippen MR) is 73.6 cm³/mol. The second kappa shape index (κ2) is 7.05. The van der Waals surface area contributed by atoms with Gasteiger partial charge in [0.15, 0.2) is 0 Å². The molecule has 1 amide bonds. The summed E-state index contributed by atoms with van der Waals surface area (Å²) in [6, 6.07) is 1.92. The fraction of sp³-hybridized carbons (Fsp3) is 0.333. The molecule has 1 aromatic carbocycles. The zero-order valence-electron chi connectivity index (χ0n) is 10.6. The van der Waals surface area contributed by atoms with Gasteiger partial charge in [0.05, 0.1) is 12.7 Å². The van der Waals surface area contributed by atoms with E-state index in [9.17, 15) is 27.2 Å². The van der Waals surface area contributed by atoms with E-state index >= 15 is 0 Å². The summed E-state index contributed by atoms with van der Waals surface area (Å²) in [6.07, 6.45) is -4.89. The molecule has 9 heteroatoms. The van der Waals surface area contributed by atoms with Crippen LogP contribution in [0, 0.1) is 5.82 Å². The number of alkyl halides is 4. The van der Waals surface area contributed by atoms with E-state index in [0.717, 1.165) is 6.07 Å². The fourth-order valence-electron chi connectivity index (χ4n) is 1.38. The van der Waals surface area contributed by atoms with Crippen molar-refractivity contribution in [2.24, 2.45) is 0 Å². The van der Waals surface area contributed by atoms with Gasteiger partial charge in [-0.2, -0.15) is 13.2 Å². The van der Waals surface area contributed by atoms with Gasteiger partial charge in [0.2, 0.25) is 0 Å². The highest BCUT2D eigenvalue weighted by atomic mass is 127. The molecule has 1 N–H and O–H groups in total. The smallest absolute Gasteiger partial charge is 0.419 e. The van der Waals surface area contributed by atoms with Gasteiger partial charge in [-0.15, -0.1) is 0 Å². The average molecular weight is 419 g/mol. The lowest BCUT2D eigenvalue weighted by Crippen LogP contribution is -2.34. The summed E-state index contributed by atoms with van der Waals surface area (Å²) in [7, 11) is 1.17. The first-order valence-corrected chi connectivity index (χ1v) is 6.78. The molecule has 0 radical (unpaired) electrons. The lowest BCUT2D eigenvalue weighted by Gasteiger charge is -2.12. The van der Waals surface area contributed by atoms with Crippen molar-refractivity contribution in [2.75, 3.05) is 13.7 Å². The van der Waals surface area contributed by atoms with E-state index in [-0.39, 0.29) is 12.1 Å². The van der Waals surface area contributed by atoms with Crippen molar-refractivity contribution in [1.82, 2.24) is 5.32 Å². The van der Waals surface area contributed by atoms with Gasteiger partial charge in [0.25, 0.3) is 5.91 Å². The third kappa shape index (κ3) is 4.83. The number of halogens is 5. The van der Waals surface area contributed by atoms with Gasteiger partial charge in [0.1, 0.15) is 9.74 Å². The molecule has 1 atom stereocenters. The lowest BCUT2D eigenvalue weighted by atomic mass is 10.1. The first kappa shape index (κ1) is 17.7. The summed E-state index contributed by atoms with van der Waals surface area (Å²) in [4.78, 5) is 22.8. The summed E-state index contributed by atoms with van der Waals surface area (Å²) >= 11 is 1.72. The Bertz CT molecular complexity index is 548. The zero-order valence-corrected chi connectivity index (χ0v) is 12.8. The van der Waals surface area contributed by atoms with Crippen LogP contribution in [0.1, 0.15) is 15.9 Å². The van der Waals surface area contributed by atoms with Gasteiger partial charge in [-0.05, 0) is 18.2 Å². The number of rotatable bonds is 4. The Hall–Kier alpha value is -1.39. The lowest BCUT2D eigenvalue weighted by molar-refractivity contribution is -0.140. The van der Waals surface area contributed by atoms with Crippen LogP contribution in [-0.4, -0.2) is 29.5 Å². The number of methoxy groups -OCH3 is 1. The summed E-state index contributed by atoms with van der Waals surface area (Å²) in [6.45, 7) is -0.120. The Balaban J connectivity index is 2.82. The number of ether oxygens (including phenoxy) is 1.